The summed E-state index contributed by atoms with van der Waals surface area (Å²) in [5, 5.41) is 9.70. The highest BCUT2D eigenvalue weighted by Gasteiger charge is 2.35. The van der Waals surface area contributed by atoms with Crippen LogP contribution in [-0.2, 0) is 26.3 Å². The van der Waals surface area contributed by atoms with E-state index in [2.05, 4.69) is 0 Å². The van der Waals surface area contributed by atoms with Gasteiger partial charge in [-0.05, 0) is 31.4 Å². The van der Waals surface area contributed by atoms with Gasteiger partial charge in [0.05, 0.1) is 6.61 Å². The third-order valence-electron chi connectivity index (χ3n) is 4.82. The Bertz CT molecular complexity index is 808. The highest BCUT2D eigenvalue weighted by Crippen LogP contribution is 2.25. The van der Waals surface area contributed by atoms with E-state index in [1.54, 1.807) is 20.0 Å². The Morgan fingerprint density at radius 1 is 1.10 bits per heavy atom. The van der Waals surface area contributed by atoms with Gasteiger partial charge in [0, 0.05) is 20.2 Å². The van der Waals surface area contributed by atoms with Gasteiger partial charge in [-0.3, -0.25) is 4.79 Å². The van der Waals surface area contributed by atoms with Gasteiger partial charge >= 0.3 is 12.1 Å². The molecule has 0 spiro atoms. The standard InChI is InChI=1S/C23H29NO5/c1-18-9-7-12-20(15-18)23(2,21(25)26)17-28-14-8-13-24(3)22(27)29-16-19-10-5-4-6-11-19/h4-7,9-12,15H,8,13-14,16-17H2,1-3H3,(H,25,26). The molecule has 1 N–H and O–H groups in total. The Morgan fingerprint density at radius 2 is 1.83 bits per heavy atom. The van der Waals surface area contributed by atoms with Crippen LogP contribution in [0.15, 0.2) is 54.6 Å². The fourth-order valence-electron chi connectivity index (χ4n) is 2.86. The van der Waals surface area contributed by atoms with Crippen LogP contribution in [0.1, 0.15) is 30.0 Å². The van der Waals surface area contributed by atoms with E-state index in [1.807, 2.05) is 55.5 Å². The largest absolute Gasteiger partial charge is 0.481 e. The Kier molecular flexibility index (Phi) is 8.21. The van der Waals surface area contributed by atoms with Crippen molar-refractivity contribution in [3.8, 4) is 0 Å². The first kappa shape index (κ1) is 22.4. The SMILES string of the molecule is Cc1cccc(C(C)(COCCCN(C)C(=O)OCc2ccccc2)C(=O)O)c1. The van der Waals surface area contributed by atoms with E-state index < -0.39 is 17.5 Å². The van der Waals surface area contributed by atoms with Gasteiger partial charge in [0.25, 0.3) is 0 Å². The van der Waals surface area contributed by atoms with Crippen LogP contribution >= 0.6 is 0 Å². The number of aryl methyl sites for hydroxylation is 1. The van der Waals surface area contributed by atoms with E-state index in [4.69, 9.17) is 9.47 Å². The molecule has 2 aromatic rings. The van der Waals surface area contributed by atoms with Crippen LogP contribution in [0.3, 0.4) is 0 Å². The van der Waals surface area contributed by atoms with E-state index in [1.165, 1.54) is 4.90 Å². The number of carbonyl (C=O) groups excluding carboxylic acids is 1. The van der Waals surface area contributed by atoms with Crippen molar-refractivity contribution < 1.29 is 24.2 Å². The topological polar surface area (TPSA) is 76.1 Å². The molecule has 2 aromatic carbocycles. The number of benzene rings is 2. The second-order valence-electron chi connectivity index (χ2n) is 7.37. The quantitative estimate of drug-likeness (QED) is 0.611. The lowest BCUT2D eigenvalue weighted by atomic mass is 9.83. The van der Waals surface area contributed by atoms with Crippen molar-refractivity contribution >= 4 is 12.1 Å². The molecule has 0 saturated carbocycles. The van der Waals surface area contributed by atoms with Crippen LogP contribution in [0, 0.1) is 6.92 Å². The van der Waals surface area contributed by atoms with Gasteiger partial charge in [0.2, 0.25) is 0 Å². The molecule has 0 saturated heterocycles. The molecule has 6 heteroatoms. The van der Waals surface area contributed by atoms with Crippen molar-refractivity contribution in [2.24, 2.45) is 0 Å². The fourth-order valence-corrected chi connectivity index (χ4v) is 2.86. The van der Waals surface area contributed by atoms with Crippen molar-refractivity contribution in [2.75, 3.05) is 26.8 Å². The smallest absolute Gasteiger partial charge is 0.409 e. The first-order valence-electron chi connectivity index (χ1n) is 9.63. The molecule has 2 rings (SSSR count). The van der Waals surface area contributed by atoms with Crippen LogP contribution in [0.2, 0.25) is 0 Å². The van der Waals surface area contributed by atoms with Crippen LogP contribution in [0.25, 0.3) is 0 Å². The molecule has 0 fully saturated rings. The number of aliphatic carboxylic acids is 1. The number of carboxylic acids is 1. The average Bonchev–Trinajstić information content (AvgIpc) is 2.72. The van der Waals surface area contributed by atoms with Crippen molar-refractivity contribution in [1.29, 1.82) is 0 Å². The minimum absolute atomic E-state index is 0.0634. The molecule has 1 unspecified atom stereocenters. The molecule has 0 aliphatic heterocycles. The third-order valence-corrected chi connectivity index (χ3v) is 4.82. The van der Waals surface area contributed by atoms with E-state index >= 15 is 0 Å². The number of nitrogens with zero attached hydrogens (tertiary/aromatic N) is 1. The molecule has 0 heterocycles. The summed E-state index contributed by atoms with van der Waals surface area (Å²) in [6.07, 6.45) is 0.185. The van der Waals surface area contributed by atoms with Crippen LogP contribution in [0.5, 0.6) is 0 Å². The number of rotatable bonds is 10. The van der Waals surface area contributed by atoms with Crippen molar-refractivity contribution in [2.45, 2.75) is 32.3 Å². The first-order chi connectivity index (χ1) is 13.8. The molecule has 0 radical (unpaired) electrons. The summed E-state index contributed by atoms with van der Waals surface area (Å²) >= 11 is 0. The maximum absolute atomic E-state index is 12.0. The van der Waals surface area contributed by atoms with Crippen molar-refractivity contribution in [3.63, 3.8) is 0 Å². The number of hydrogen-bond acceptors (Lipinski definition) is 4. The zero-order valence-corrected chi connectivity index (χ0v) is 17.3. The normalized spacial score (nSPS) is 12.8. The summed E-state index contributed by atoms with van der Waals surface area (Å²) in [5.41, 5.74) is 1.53. The molecule has 0 aromatic heterocycles. The number of carboxylic acid groups (broad SMARTS) is 1. The molecule has 0 aliphatic carbocycles. The van der Waals surface area contributed by atoms with E-state index in [0.717, 1.165) is 11.1 Å². The Balaban J connectivity index is 1.74. The molecule has 156 valence electrons. The van der Waals surface area contributed by atoms with Gasteiger partial charge in [-0.2, -0.15) is 0 Å². The maximum atomic E-state index is 12.0. The van der Waals surface area contributed by atoms with Gasteiger partial charge in [0.1, 0.15) is 12.0 Å². The Hall–Kier alpha value is -2.86. The predicted octanol–water partition coefficient (Wildman–Crippen LogP) is 4.01. The number of hydrogen-bond donors (Lipinski definition) is 1. The van der Waals surface area contributed by atoms with Crippen molar-refractivity contribution in [1.82, 2.24) is 4.90 Å². The van der Waals surface area contributed by atoms with Gasteiger partial charge in [0.15, 0.2) is 0 Å². The maximum Gasteiger partial charge on any atom is 0.409 e. The molecular weight excluding hydrogens is 370 g/mol. The first-order valence-corrected chi connectivity index (χ1v) is 9.63. The van der Waals surface area contributed by atoms with Crippen LogP contribution in [-0.4, -0.2) is 48.9 Å². The highest BCUT2D eigenvalue weighted by molar-refractivity contribution is 5.81. The summed E-state index contributed by atoms with van der Waals surface area (Å²) < 4.78 is 10.9. The van der Waals surface area contributed by atoms with Crippen LogP contribution in [0.4, 0.5) is 4.79 Å². The molecule has 1 atom stereocenters. The van der Waals surface area contributed by atoms with E-state index in [9.17, 15) is 14.7 Å². The van der Waals surface area contributed by atoms with Crippen molar-refractivity contribution in [3.05, 3.63) is 71.3 Å². The van der Waals surface area contributed by atoms with Gasteiger partial charge < -0.3 is 19.5 Å². The Morgan fingerprint density at radius 3 is 2.48 bits per heavy atom. The number of ether oxygens (including phenoxy) is 2. The molecule has 29 heavy (non-hydrogen) atoms. The summed E-state index contributed by atoms with van der Waals surface area (Å²) in [6, 6.07) is 16.9. The molecular formula is C23H29NO5. The van der Waals surface area contributed by atoms with Gasteiger partial charge in [-0.25, -0.2) is 4.79 Å². The fraction of sp³-hybridized carbons (Fsp3) is 0.391. The molecule has 0 aliphatic rings. The van der Waals surface area contributed by atoms with Gasteiger partial charge in [-0.15, -0.1) is 0 Å². The highest BCUT2D eigenvalue weighted by atomic mass is 16.6. The average molecular weight is 399 g/mol. The zero-order valence-electron chi connectivity index (χ0n) is 17.3. The monoisotopic (exact) mass is 399 g/mol. The zero-order chi connectivity index (χ0) is 21.3. The summed E-state index contributed by atoms with van der Waals surface area (Å²) in [5.74, 6) is -0.926. The third kappa shape index (κ3) is 6.61. The second kappa shape index (κ2) is 10.6. The Labute approximate surface area is 172 Å². The predicted molar refractivity (Wildman–Crippen MR) is 111 cm³/mol. The molecule has 6 nitrogen and oxygen atoms in total. The minimum atomic E-state index is -1.12. The number of amides is 1. The lowest BCUT2D eigenvalue weighted by Gasteiger charge is -2.26. The summed E-state index contributed by atoms with van der Waals surface area (Å²) in [6.45, 7) is 4.70. The molecule has 1 amide bonds. The summed E-state index contributed by atoms with van der Waals surface area (Å²) in [4.78, 5) is 25.4. The second-order valence-corrected chi connectivity index (χ2v) is 7.37. The summed E-state index contributed by atoms with van der Waals surface area (Å²) in [7, 11) is 1.67. The van der Waals surface area contributed by atoms with Crippen LogP contribution < -0.4 is 0 Å². The van der Waals surface area contributed by atoms with E-state index in [-0.39, 0.29) is 13.2 Å². The molecule has 0 bridgehead atoms. The lowest BCUT2D eigenvalue weighted by molar-refractivity contribution is -0.145. The van der Waals surface area contributed by atoms with E-state index in [0.29, 0.717) is 25.1 Å². The van der Waals surface area contributed by atoms with Gasteiger partial charge in [-0.1, -0.05) is 60.2 Å². The lowest BCUT2D eigenvalue weighted by Crippen LogP contribution is -2.38. The number of carbonyl (C=O) groups is 2. The minimum Gasteiger partial charge on any atom is -0.481 e.